The van der Waals surface area contributed by atoms with Gasteiger partial charge in [-0.2, -0.15) is 0 Å². The molecular formula is C15H20ClNO4. The van der Waals surface area contributed by atoms with E-state index in [9.17, 15) is 9.90 Å². The molecule has 0 saturated heterocycles. The van der Waals surface area contributed by atoms with Gasteiger partial charge in [0, 0.05) is 12.0 Å². The molecular weight excluding hydrogens is 294 g/mol. The third kappa shape index (κ3) is 3.59. The Kier molecular flexibility index (Phi) is 5.28. The lowest BCUT2D eigenvalue weighted by Gasteiger charge is -2.33. The number of carbonyl (C=O) groups is 1. The Balaban J connectivity index is 2.18. The lowest BCUT2D eigenvalue weighted by molar-refractivity contribution is -0.157. The van der Waals surface area contributed by atoms with E-state index >= 15 is 0 Å². The molecule has 6 heteroatoms. The average Bonchev–Trinajstić information content (AvgIpc) is 2.88. The lowest BCUT2D eigenvalue weighted by atomic mass is 9.90. The van der Waals surface area contributed by atoms with E-state index in [1.54, 1.807) is 6.08 Å². The van der Waals surface area contributed by atoms with E-state index in [4.69, 9.17) is 21.2 Å². The number of carbonyl (C=O) groups excluding carboxylic acids is 1. The number of hydrogen-bond acceptors (Lipinski definition) is 5. The molecule has 2 aliphatic rings. The number of rotatable bonds is 5. The number of hydrogen-bond donors (Lipinski definition) is 1. The number of halogens is 1. The first-order valence-corrected chi connectivity index (χ1v) is 7.65. The molecule has 0 amide bonds. The molecule has 0 aromatic carbocycles. The van der Waals surface area contributed by atoms with E-state index < -0.39 is 11.6 Å². The zero-order valence-corrected chi connectivity index (χ0v) is 12.9. The molecule has 116 valence electrons. The summed E-state index contributed by atoms with van der Waals surface area (Å²) in [6.07, 6.45) is 6.09. The van der Waals surface area contributed by atoms with Gasteiger partial charge in [0.1, 0.15) is 23.5 Å². The Morgan fingerprint density at radius 2 is 2.24 bits per heavy atom. The molecule has 1 aliphatic heterocycles. The van der Waals surface area contributed by atoms with Gasteiger partial charge in [0.05, 0.1) is 5.71 Å². The van der Waals surface area contributed by atoms with Crippen LogP contribution in [0.15, 0.2) is 28.1 Å². The Labute approximate surface area is 129 Å². The highest BCUT2D eigenvalue weighted by Gasteiger charge is 2.44. The minimum absolute atomic E-state index is 0.0604. The maximum Gasteiger partial charge on any atom is 0.344 e. The van der Waals surface area contributed by atoms with Gasteiger partial charge in [-0.25, -0.2) is 4.79 Å². The van der Waals surface area contributed by atoms with Gasteiger partial charge in [-0.3, -0.25) is 0 Å². The van der Waals surface area contributed by atoms with Gasteiger partial charge in [-0.1, -0.05) is 23.7 Å². The SMILES string of the molecule is CC/C(=N\OC/C=C/Cl)C1=C(O)CC2(CCCC2)OC1=O. The second kappa shape index (κ2) is 6.98. The summed E-state index contributed by atoms with van der Waals surface area (Å²) in [5.41, 5.74) is 1.36. The molecule has 21 heavy (non-hydrogen) atoms. The third-order valence-electron chi connectivity index (χ3n) is 3.86. The fourth-order valence-electron chi connectivity index (χ4n) is 2.86. The first kappa shape index (κ1) is 15.9. The van der Waals surface area contributed by atoms with Crippen molar-refractivity contribution in [3.05, 3.63) is 22.9 Å². The van der Waals surface area contributed by atoms with Crippen LogP contribution in [-0.4, -0.2) is 29.0 Å². The van der Waals surface area contributed by atoms with Crippen molar-refractivity contribution < 1.29 is 19.5 Å². The van der Waals surface area contributed by atoms with Gasteiger partial charge in [-0.15, -0.1) is 0 Å². The van der Waals surface area contributed by atoms with Crippen molar-refractivity contribution in [3.63, 3.8) is 0 Å². The van der Waals surface area contributed by atoms with Gasteiger partial charge in [0.15, 0.2) is 0 Å². The molecule has 0 aromatic heterocycles. The molecule has 1 N–H and O–H groups in total. The predicted molar refractivity (Wildman–Crippen MR) is 80.2 cm³/mol. The Bertz CT molecular complexity index is 490. The lowest BCUT2D eigenvalue weighted by Crippen LogP contribution is -2.39. The quantitative estimate of drug-likeness (QED) is 0.364. The first-order chi connectivity index (χ1) is 10.1. The van der Waals surface area contributed by atoms with Gasteiger partial charge < -0.3 is 14.7 Å². The molecule has 0 radical (unpaired) electrons. The number of oxime groups is 1. The van der Waals surface area contributed by atoms with E-state index in [0.717, 1.165) is 25.7 Å². The normalized spacial score (nSPS) is 22.2. The molecule has 0 aromatic rings. The van der Waals surface area contributed by atoms with E-state index in [1.807, 2.05) is 6.92 Å². The van der Waals surface area contributed by atoms with Crippen LogP contribution < -0.4 is 0 Å². The van der Waals surface area contributed by atoms with Crippen LogP contribution in [0.2, 0.25) is 0 Å². The summed E-state index contributed by atoms with van der Waals surface area (Å²) in [5.74, 6) is -0.442. The van der Waals surface area contributed by atoms with E-state index in [1.165, 1.54) is 5.54 Å². The van der Waals surface area contributed by atoms with Crippen molar-refractivity contribution in [2.75, 3.05) is 6.61 Å². The second-order valence-corrected chi connectivity index (χ2v) is 5.58. The van der Waals surface area contributed by atoms with Crippen molar-refractivity contribution in [1.29, 1.82) is 0 Å². The number of aliphatic hydroxyl groups is 1. The number of ether oxygens (including phenoxy) is 1. The fourth-order valence-corrected chi connectivity index (χ4v) is 2.93. The van der Waals surface area contributed by atoms with Gasteiger partial charge in [0.2, 0.25) is 0 Å². The molecule has 5 nitrogen and oxygen atoms in total. The van der Waals surface area contributed by atoms with Crippen LogP contribution in [0.3, 0.4) is 0 Å². The fraction of sp³-hybridized carbons (Fsp3) is 0.600. The van der Waals surface area contributed by atoms with Crippen LogP contribution in [0, 0.1) is 0 Å². The number of aliphatic hydroxyl groups excluding tert-OH is 1. The molecule has 1 fully saturated rings. The zero-order valence-electron chi connectivity index (χ0n) is 12.1. The minimum atomic E-state index is -0.508. The smallest absolute Gasteiger partial charge is 0.344 e. The van der Waals surface area contributed by atoms with Crippen molar-refractivity contribution in [3.8, 4) is 0 Å². The van der Waals surface area contributed by atoms with Crippen LogP contribution in [0.25, 0.3) is 0 Å². The van der Waals surface area contributed by atoms with Gasteiger partial charge in [-0.05, 0) is 38.2 Å². The highest BCUT2D eigenvalue weighted by molar-refractivity contribution is 6.25. The zero-order chi connectivity index (χ0) is 15.3. The predicted octanol–water partition coefficient (Wildman–Crippen LogP) is 3.59. The Hall–Kier alpha value is -1.49. The maximum atomic E-state index is 12.2. The minimum Gasteiger partial charge on any atom is -0.511 e. The number of esters is 1. The van der Waals surface area contributed by atoms with Crippen LogP contribution in [-0.2, 0) is 14.4 Å². The largest absolute Gasteiger partial charge is 0.511 e. The Morgan fingerprint density at radius 1 is 1.52 bits per heavy atom. The average molecular weight is 314 g/mol. The molecule has 0 bridgehead atoms. The van der Waals surface area contributed by atoms with Crippen LogP contribution >= 0.6 is 11.6 Å². The summed E-state index contributed by atoms with van der Waals surface area (Å²) in [6.45, 7) is 2.05. The Morgan fingerprint density at radius 3 is 2.81 bits per heavy atom. The molecule has 1 heterocycles. The topological polar surface area (TPSA) is 68.1 Å². The summed E-state index contributed by atoms with van der Waals surface area (Å²) >= 11 is 5.38. The summed E-state index contributed by atoms with van der Waals surface area (Å²) in [4.78, 5) is 17.3. The summed E-state index contributed by atoms with van der Waals surface area (Å²) in [5, 5.41) is 14.2. The highest BCUT2D eigenvalue weighted by atomic mass is 35.5. The van der Waals surface area contributed by atoms with Crippen molar-refractivity contribution in [2.24, 2.45) is 5.16 Å². The van der Waals surface area contributed by atoms with Crippen molar-refractivity contribution in [1.82, 2.24) is 0 Å². The van der Waals surface area contributed by atoms with E-state index in [0.29, 0.717) is 18.6 Å². The van der Waals surface area contributed by atoms with E-state index in [-0.39, 0.29) is 17.9 Å². The molecule has 1 spiro atoms. The van der Waals surface area contributed by atoms with Gasteiger partial charge in [0.25, 0.3) is 0 Å². The number of nitrogens with zero attached hydrogens (tertiary/aromatic N) is 1. The van der Waals surface area contributed by atoms with Crippen LogP contribution in [0.5, 0.6) is 0 Å². The highest BCUT2D eigenvalue weighted by Crippen LogP contribution is 2.42. The second-order valence-electron chi connectivity index (χ2n) is 5.33. The van der Waals surface area contributed by atoms with Crippen molar-refractivity contribution in [2.45, 2.75) is 51.0 Å². The van der Waals surface area contributed by atoms with E-state index in [2.05, 4.69) is 5.16 Å². The molecule has 1 aliphatic carbocycles. The maximum absolute atomic E-state index is 12.2. The van der Waals surface area contributed by atoms with Crippen LogP contribution in [0.4, 0.5) is 0 Å². The summed E-state index contributed by atoms with van der Waals surface area (Å²) < 4.78 is 5.60. The third-order valence-corrected chi connectivity index (χ3v) is 4.04. The molecule has 0 atom stereocenters. The standard InChI is InChI=1S/C15H20ClNO4/c1-2-11(17-20-9-5-8-16)13-12(18)10-15(21-14(13)19)6-3-4-7-15/h5,8,18H,2-4,6-7,9-10H2,1H3/b8-5+,17-11+. The first-order valence-electron chi connectivity index (χ1n) is 7.22. The molecule has 0 unspecified atom stereocenters. The van der Waals surface area contributed by atoms with Gasteiger partial charge >= 0.3 is 5.97 Å². The summed E-state index contributed by atoms with van der Waals surface area (Å²) in [6, 6.07) is 0. The molecule has 1 saturated carbocycles. The monoisotopic (exact) mass is 313 g/mol. The summed E-state index contributed by atoms with van der Waals surface area (Å²) in [7, 11) is 0. The molecule has 2 rings (SSSR count). The van der Waals surface area contributed by atoms with Crippen LogP contribution in [0.1, 0.15) is 45.4 Å². The van der Waals surface area contributed by atoms with Crippen molar-refractivity contribution >= 4 is 23.3 Å².